The fourth-order valence-electron chi connectivity index (χ4n) is 2.56. The molecule has 0 spiro atoms. The SMILES string of the molecule is Brc1ccc(CNCc2cccc3c2NCCC3)nc1. The normalized spacial score (nSPS) is 13.7. The number of halogens is 1. The Hall–Kier alpha value is -1.39. The van der Waals surface area contributed by atoms with Crippen LogP contribution < -0.4 is 10.6 Å². The van der Waals surface area contributed by atoms with Crippen LogP contribution in [0, 0.1) is 0 Å². The number of nitrogens with one attached hydrogen (secondary N) is 2. The highest BCUT2D eigenvalue weighted by molar-refractivity contribution is 9.10. The molecule has 0 atom stereocenters. The highest BCUT2D eigenvalue weighted by Crippen LogP contribution is 2.25. The van der Waals surface area contributed by atoms with E-state index in [9.17, 15) is 0 Å². The fraction of sp³-hybridized carbons (Fsp3) is 0.312. The van der Waals surface area contributed by atoms with Gasteiger partial charge in [-0.2, -0.15) is 0 Å². The van der Waals surface area contributed by atoms with Gasteiger partial charge < -0.3 is 10.6 Å². The van der Waals surface area contributed by atoms with Gasteiger partial charge >= 0.3 is 0 Å². The predicted octanol–water partition coefficient (Wildman–Crippen LogP) is 3.49. The largest absolute Gasteiger partial charge is 0.385 e. The van der Waals surface area contributed by atoms with Gasteiger partial charge in [-0.15, -0.1) is 0 Å². The maximum atomic E-state index is 4.37. The van der Waals surface area contributed by atoms with Crippen molar-refractivity contribution >= 4 is 21.6 Å². The zero-order valence-electron chi connectivity index (χ0n) is 11.3. The number of nitrogens with zero attached hydrogens (tertiary/aromatic N) is 1. The van der Waals surface area contributed by atoms with Crippen LogP contribution in [0.1, 0.15) is 23.2 Å². The van der Waals surface area contributed by atoms with Gasteiger partial charge in [0.25, 0.3) is 0 Å². The van der Waals surface area contributed by atoms with Crippen LogP contribution in [0.25, 0.3) is 0 Å². The number of hydrogen-bond donors (Lipinski definition) is 2. The van der Waals surface area contributed by atoms with E-state index in [0.29, 0.717) is 0 Å². The van der Waals surface area contributed by atoms with Crippen molar-refractivity contribution in [3.05, 3.63) is 57.8 Å². The summed E-state index contributed by atoms with van der Waals surface area (Å²) in [5.74, 6) is 0. The summed E-state index contributed by atoms with van der Waals surface area (Å²) in [4.78, 5) is 4.37. The van der Waals surface area contributed by atoms with Crippen molar-refractivity contribution in [3.8, 4) is 0 Å². The van der Waals surface area contributed by atoms with Crippen molar-refractivity contribution in [1.82, 2.24) is 10.3 Å². The summed E-state index contributed by atoms with van der Waals surface area (Å²) in [6.07, 6.45) is 4.25. The van der Waals surface area contributed by atoms with Crippen LogP contribution in [0.2, 0.25) is 0 Å². The van der Waals surface area contributed by atoms with Crippen LogP contribution in [-0.2, 0) is 19.5 Å². The molecular formula is C16H18BrN3. The lowest BCUT2D eigenvalue weighted by molar-refractivity contribution is 0.677. The first kappa shape index (κ1) is 13.6. The van der Waals surface area contributed by atoms with Gasteiger partial charge in [-0.3, -0.25) is 4.98 Å². The summed E-state index contributed by atoms with van der Waals surface area (Å²) >= 11 is 3.40. The van der Waals surface area contributed by atoms with E-state index in [1.165, 1.54) is 29.7 Å². The number of para-hydroxylation sites is 1. The quantitative estimate of drug-likeness (QED) is 0.900. The second-order valence-electron chi connectivity index (χ2n) is 5.05. The van der Waals surface area contributed by atoms with E-state index >= 15 is 0 Å². The molecule has 2 aromatic rings. The zero-order valence-corrected chi connectivity index (χ0v) is 12.9. The number of fused-ring (bicyclic) bond motifs is 1. The topological polar surface area (TPSA) is 37.0 Å². The summed E-state index contributed by atoms with van der Waals surface area (Å²) in [6.45, 7) is 2.74. The number of anilines is 1. The maximum absolute atomic E-state index is 4.37. The molecule has 0 fully saturated rings. The van der Waals surface area contributed by atoms with Crippen LogP contribution in [0.5, 0.6) is 0 Å². The summed E-state index contributed by atoms with van der Waals surface area (Å²) in [5.41, 5.74) is 5.18. The van der Waals surface area contributed by atoms with Gasteiger partial charge in [0, 0.05) is 36.0 Å². The van der Waals surface area contributed by atoms with Gasteiger partial charge in [0.05, 0.1) is 5.69 Å². The minimum absolute atomic E-state index is 0.789. The highest BCUT2D eigenvalue weighted by atomic mass is 79.9. The molecule has 1 aromatic carbocycles. The molecule has 3 rings (SSSR count). The smallest absolute Gasteiger partial charge is 0.0542 e. The third-order valence-corrected chi connectivity index (χ3v) is 4.04. The van der Waals surface area contributed by atoms with Crippen LogP contribution >= 0.6 is 15.9 Å². The molecule has 2 heterocycles. The first-order valence-electron chi connectivity index (χ1n) is 6.99. The summed E-state index contributed by atoms with van der Waals surface area (Å²) in [6, 6.07) is 10.6. The number of benzene rings is 1. The molecule has 0 radical (unpaired) electrons. The van der Waals surface area contributed by atoms with Crippen LogP contribution in [-0.4, -0.2) is 11.5 Å². The van der Waals surface area contributed by atoms with Gasteiger partial charge in [0.1, 0.15) is 0 Å². The van der Waals surface area contributed by atoms with E-state index in [4.69, 9.17) is 0 Å². The van der Waals surface area contributed by atoms with E-state index in [1.807, 2.05) is 18.3 Å². The highest BCUT2D eigenvalue weighted by Gasteiger charge is 2.11. The van der Waals surface area contributed by atoms with Crippen molar-refractivity contribution in [2.75, 3.05) is 11.9 Å². The molecular weight excluding hydrogens is 314 g/mol. The molecule has 0 unspecified atom stereocenters. The van der Waals surface area contributed by atoms with Gasteiger partial charge in [0.2, 0.25) is 0 Å². The average molecular weight is 332 g/mol. The first-order valence-corrected chi connectivity index (χ1v) is 7.78. The molecule has 3 nitrogen and oxygen atoms in total. The number of aryl methyl sites for hydroxylation is 1. The van der Waals surface area contributed by atoms with Crippen molar-refractivity contribution in [2.45, 2.75) is 25.9 Å². The number of pyridine rings is 1. The first-order chi connectivity index (χ1) is 9.83. The minimum Gasteiger partial charge on any atom is -0.385 e. The van der Waals surface area contributed by atoms with Gasteiger partial charge in [-0.05, 0) is 52.0 Å². The van der Waals surface area contributed by atoms with Crippen molar-refractivity contribution in [2.24, 2.45) is 0 Å². The van der Waals surface area contributed by atoms with Gasteiger partial charge in [-0.25, -0.2) is 0 Å². The van der Waals surface area contributed by atoms with Crippen molar-refractivity contribution in [3.63, 3.8) is 0 Å². The Bertz CT molecular complexity index is 581. The van der Waals surface area contributed by atoms with Gasteiger partial charge in [0.15, 0.2) is 0 Å². The minimum atomic E-state index is 0.789. The standard InChI is InChI=1S/C16H18BrN3/c17-14-6-7-15(20-10-14)11-18-9-13-4-1-3-12-5-2-8-19-16(12)13/h1,3-4,6-7,10,18-19H,2,5,8-9,11H2. The lowest BCUT2D eigenvalue weighted by Gasteiger charge is -2.21. The van der Waals surface area contributed by atoms with E-state index in [-0.39, 0.29) is 0 Å². The predicted molar refractivity (Wildman–Crippen MR) is 85.7 cm³/mol. The van der Waals surface area contributed by atoms with E-state index < -0.39 is 0 Å². The second-order valence-corrected chi connectivity index (χ2v) is 5.97. The third kappa shape index (κ3) is 3.19. The number of rotatable bonds is 4. The molecule has 1 aliphatic heterocycles. The molecule has 104 valence electrons. The lowest BCUT2D eigenvalue weighted by Crippen LogP contribution is -2.18. The molecule has 20 heavy (non-hydrogen) atoms. The molecule has 1 aromatic heterocycles. The molecule has 0 saturated carbocycles. The molecule has 0 bridgehead atoms. The Morgan fingerprint density at radius 1 is 1.20 bits per heavy atom. The van der Waals surface area contributed by atoms with Crippen molar-refractivity contribution in [1.29, 1.82) is 0 Å². The summed E-state index contributed by atoms with van der Waals surface area (Å²) in [5, 5.41) is 7.00. The Balaban J connectivity index is 1.62. The molecule has 1 aliphatic rings. The lowest BCUT2D eigenvalue weighted by atomic mass is 9.99. The molecule has 0 aliphatic carbocycles. The second kappa shape index (κ2) is 6.37. The molecule has 2 N–H and O–H groups in total. The van der Waals surface area contributed by atoms with Crippen LogP contribution in [0.4, 0.5) is 5.69 Å². The van der Waals surface area contributed by atoms with E-state index in [2.05, 4.69) is 49.7 Å². The summed E-state index contributed by atoms with van der Waals surface area (Å²) < 4.78 is 1.02. The molecule has 0 amide bonds. The van der Waals surface area contributed by atoms with E-state index in [0.717, 1.165) is 29.8 Å². The number of aromatic nitrogens is 1. The monoisotopic (exact) mass is 331 g/mol. The molecule has 4 heteroatoms. The summed E-state index contributed by atoms with van der Waals surface area (Å²) in [7, 11) is 0. The van der Waals surface area contributed by atoms with Crippen molar-refractivity contribution < 1.29 is 0 Å². The number of hydrogen-bond acceptors (Lipinski definition) is 3. The maximum Gasteiger partial charge on any atom is 0.0542 e. The van der Waals surface area contributed by atoms with Gasteiger partial charge in [-0.1, -0.05) is 18.2 Å². The Labute approximate surface area is 127 Å². The fourth-order valence-corrected chi connectivity index (χ4v) is 2.80. The third-order valence-electron chi connectivity index (χ3n) is 3.57. The average Bonchev–Trinajstić information content (AvgIpc) is 2.49. The zero-order chi connectivity index (χ0) is 13.8. The van der Waals surface area contributed by atoms with Crippen LogP contribution in [0.15, 0.2) is 41.0 Å². The Morgan fingerprint density at radius 2 is 2.15 bits per heavy atom. The van der Waals surface area contributed by atoms with Crippen LogP contribution in [0.3, 0.4) is 0 Å². The Kier molecular flexibility index (Phi) is 4.33. The van der Waals surface area contributed by atoms with E-state index in [1.54, 1.807) is 0 Å². The Morgan fingerprint density at radius 3 is 3.00 bits per heavy atom. The molecule has 0 saturated heterocycles.